The van der Waals surface area contributed by atoms with Crippen LogP contribution in [-0.2, 0) is 16.5 Å². The number of rotatable bonds is 0. The van der Waals surface area contributed by atoms with E-state index in [-0.39, 0.29) is 61.1 Å². The summed E-state index contributed by atoms with van der Waals surface area (Å²) in [5.74, 6) is 0. The van der Waals surface area contributed by atoms with Crippen molar-refractivity contribution in [1.29, 1.82) is 0 Å². The van der Waals surface area contributed by atoms with Crippen LogP contribution in [0.25, 0.3) is 0 Å². The van der Waals surface area contributed by atoms with Gasteiger partial charge in [-0.05, 0) is 0 Å². The summed E-state index contributed by atoms with van der Waals surface area (Å²) in [4.78, 5) is 0. The van der Waals surface area contributed by atoms with E-state index in [0.717, 1.165) is 0 Å². The minimum absolute atomic E-state index is 0. The number of hydrogen-bond donors (Lipinski definition) is 0. The number of benzene rings is 1. The summed E-state index contributed by atoms with van der Waals surface area (Å²) in [6, 6.07) is 12.5. The van der Waals surface area contributed by atoms with Gasteiger partial charge in [0.05, 0.1) is 0 Å². The Morgan fingerprint density at radius 1 is 0.706 bits per heavy atom. The summed E-state index contributed by atoms with van der Waals surface area (Å²) in [6.07, 6.45) is 0. The minimum Gasteiger partial charge on any atom is -0.358 e. The largest absolute Gasteiger partial charge is 0.358 e. The van der Waals surface area contributed by atoms with Gasteiger partial charge in [0.25, 0.3) is 0 Å². The van der Waals surface area contributed by atoms with Crippen molar-refractivity contribution in [1.82, 2.24) is 0 Å². The second-order valence-electron chi connectivity index (χ2n) is 1.60. The molecule has 0 bridgehead atoms. The molecular formula is C16H31Os-7. The second-order valence-corrected chi connectivity index (χ2v) is 5.38. The van der Waals surface area contributed by atoms with Crippen molar-refractivity contribution in [2.24, 2.45) is 0 Å². The minimum atomic E-state index is 0. The molecule has 1 rings (SSSR count). The molecule has 0 atom stereocenters. The first-order chi connectivity index (χ1) is 5.41. The molecule has 0 saturated carbocycles. The maximum Gasteiger partial charge on any atom is -0.171 e. The summed E-state index contributed by atoms with van der Waals surface area (Å²) in [6.45, 7) is 4.23. The molecule has 1 aromatic rings. The maximum atomic E-state index is 2.89. The molecule has 0 saturated heterocycles. The molecule has 0 fully saturated rings. The third-order valence-corrected chi connectivity index (χ3v) is 2.54. The van der Waals surface area contributed by atoms with Crippen LogP contribution in [-0.4, -0.2) is 9.14 Å². The summed E-state index contributed by atoms with van der Waals surface area (Å²) < 4.78 is 4.53. The molecule has 0 spiro atoms. The summed E-state index contributed by atoms with van der Waals surface area (Å²) in [5.41, 5.74) is 0. The topological polar surface area (TPSA) is 0 Å². The van der Waals surface area contributed by atoms with Gasteiger partial charge in [0, 0.05) is 0 Å². The molecule has 0 aromatic heterocycles. The van der Waals surface area contributed by atoms with Gasteiger partial charge in [-0.1, -0.05) is 0 Å². The smallest absolute Gasteiger partial charge is 0.171 e. The molecule has 0 aliphatic carbocycles. The van der Waals surface area contributed by atoms with Crippen LogP contribution in [0.2, 0.25) is 0 Å². The monoisotopic (exact) mass is 415 g/mol. The zero-order valence-corrected chi connectivity index (χ0v) is 15.4. The van der Waals surface area contributed by atoms with Crippen molar-refractivity contribution in [3.63, 3.8) is 0 Å². The van der Waals surface area contributed by atoms with E-state index in [4.69, 9.17) is 0 Å². The maximum absolute atomic E-state index is 2.89. The Morgan fingerprint density at radius 2 is 1.06 bits per heavy atom. The van der Waals surface area contributed by atoms with Crippen LogP contribution in [0.15, 0.2) is 30.3 Å². The van der Waals surface area contributed by atoms with Crippen molar-refractivity contribution >= 4 is 9.14 Å². The predicted molar refractivity (Wildman–Crippen MR) is 87.2 cm³/mol. The van der Waals surface area contributed by atoms with Gasteiger partial charge in [-0.2, -0.15) is 36.4 Å². The fourth-order valence-corrected chi connectivity index (χ4v) is 1.31. The van der Waals surface area contributed by atoms with Gasteiger partial charge in [0.15, 0.2) is 0 Å². The van der Waals surface area contributed by atoms with E-state index in [1.54, 1.807) is 0 Å². The van der Waals surface area contributed by atoms with Crippen molar-refractivity contribution in [2.45, 2.75) is 13.8 Å². The Kier molecular flexibility index (Phi) is 116. The molecule has 0 radical (unpaired) electrons. The first-order valence-electron chi connectivity index (χ1n) is 3.47. The Bertz CT molecular complexity index is 176. The average Bonchev–Trinajstić information content (AvgIpc) is 2.10. The van der Waals surface area contributed by atoms with E-state index in [0.29, 0.717) is 0 Å². The molecule has 0 heterocycles. The van der Waals surface area contributed by atoms with Crippen LogP contribution in [0.3, 0.4) is 0 Å². The van der Waals surface area contributed by atoms with Crippen molar-refractivity contribution in [3.05, 3.63) is 81.0 Å². The van der Waals surface area contributed by atoms with Gasteiger partial charge in [-0.25, -0.2) is 0 Å². The molecule has 0 nitrogen and oxygen atoms in total. The summed E-state index contributed by atoms with van der Waals surface area (Å²) >= 11 is 0.182. The van der Waals surface area contributed by atoms with Crippen molar-refractivity contribution in [3.8, 4) is 0 Å². The zero-order chi connectivity index (χ0) is 8.36. The van der Waals surface area contributed by atoms with E-state index < -0.39 is 0 Å². The van der Waals surface area contributed by atoms with Crippen LogP contribution in [0.4, 0.5) is 0 Å². The zero-order valence-electron chi connectivity index (χ0n) is 12.9. The molecule has 0 aliphatic heterocycles. The molecule has 0 amide bonds. The molecule has 0 unspecified atom stereocenters. The van der Waals surface area contributed by atoms with Crippen molar-refractivity contribution in [2.75, 3.05) is 0 Å². The molecule has 1 heteroatoms. The SMILES string of the molecule is C[CH]=[Os]=[CH]C.[CH3-].[CH3-].[CH3-].[CH3-].[CH3-].[CH3-].[c-]1ccccc1. The van der Waals surface area contributed by atoms with Gasteiger partial charge in [0.1, 0.15) is 0 Å². The molecule has 110 valence electrons. The Labute approximate surface area is 120 Å². The van der Waals surface area contributed by atoms with Gasteiger partial charge in [-0.15, -0.1) is 0 Å². The first kappa shape index (κ1) is 43.8. The van der Waals surface area contributed by atoms with Gasteiger partial charge < -0.3 is 44.6 Å². The Hall–Kier alpha value is -0.404. The van der Waals surface area contributed by atoms with Crippen LogP contribution in [0.5, 0.6) is 0 Å². The molecular weight excluding hydrogens is 382 g/mol. The standard InChI is InChI=1S/C6H5.2C2H4.6CH3.Os/c1-2-4-6-5-3-1;2*1-2;;;;;;;/h1-5H;2*1H,2H3;6*1H3;/q-1;;;6*-1;. The van der Waals surface area contributed by atoms with Crippen LogP contribution in [0.1, 0.15) is 13.8 Å². The third-order valence-electron chi connectivity index (χ3n) is 0.843. The second kappa shape index (κ2) is 45.0. The summed E-state index contributed by atoms with van der Waals surface area (Å²) in [5, 5.41) is 0. The Balaban J connectivity index is -0.0000000176. The van der Waals surface area contributed by atoms with E-state index in [1.807, 2.05) is 30.3 Å². The predicted octanol–water partition coefficient (Wildman–Crippen LogP) is 4.90. The van der Waals surface area contributed by atoms with Crippen LogP contribution in [0, 0.1) is 50.6 Å². The van der Waals surface area contributed by atoms with Gasteiger partial charge in [0.2, 0.25) is 0 Å². The van der Waals surface area contributed by atoms with E-state index in [2.05, 4.69) is 29.1 Å². The summed E-state index contributed by atoms with van der Waals surface area (Å²) in [7, 11) is 0. The van der Waals surface area contributed by atoms with Crippen LogP contribution >= 0.6 is 0 Å². The quantitative estimate of drug-likeness (QED) is 0.531. The normalized spacial score (nSPS) is 4.82. The molecule has 0 N–H and O–H groups in total. The fraction of sp³-hybridized carbons (Fsp3) is 0.125. The number of hydrogen-bond acceptors (Lipinski definition) is 0. The fourth-order valence-electron chi connectivity index (χ4n) is 0.460. The van der Waals surface area contributed by atoms with Gasteiger partial charge in [-0.3, -0.25) is 0 Å². The van der Waals surface area contributed by atoms with E-state index in [9.17, 15) is 0 Å². The van der Waals surface area contributed by atoms with Crippen molar-refractivity contribution < 1.29 is 16.5 Å². The molecule has 1 aromatic carbocycles. The van der Waals surface area contributed by atoms with E-state index >= 15 is 0 Å². The van der Waals surface area contributed by atoms with Crippen LogP contribution < -0.4 is 0 Å². The third kappa shape index (κ3) is 50.0. The van der Waals surface area contributed by atoms with Gasteiger partial charge >= 0.3 is 39.5 Å². The average molecular weight is 414 g/mol. The first-order valence-corrected chi connectivity index (χ1v) is 6.41. The molecule has 17 heavy (non-hydrogen) atoms. The Morgan fingerprint density at radius 3 is 1.12 bits per heavy atom. The molecule has 0 aliphatic rings. The van der Waals surface area contributed by atoms with E-state index in [1.165, 1.54) is 0 Å².